The van der Waals surface area contributed by atoms with E-state index in [-0.39, 0.29) is 12.4 Å². The maximum atomic E-state index is 11.2. The molecule has 1 aliphatic heterocycles. The van der Waals surface area contributed by atoms with Crippen molar-refractivity contribution in [3.8, 4) is 0 Å². The fourth-order valence-electron chi connectivity index (χ4n) is 2.36. The zero-order chi connectivity index (χ0) is 16.8. The topological polar surface area (TPSA) is 166 Å². The van der Waals surface area contributed by atoms with Crippen molar-refractivity contribution in [3.63, 3.8) is 0 Å². The highest BCUT2D eigenvalue weighted by atomic mass is 31.2. The van der Waals surface area contributed by atoms with E-state index in [0.29, 0.717) is 11.2 Å². The normalized spacial score (nSPS) is 30.6. The third-order valence-corrected chi connectivity index (χ3v) is 4.10. The van der Waals surface area contributed by atoms with Gasteiger partial charge in [0.2, 0.25) is 0 Å². The van der Waals surface area contributed by atoms with Gasteiger partial charge >= 0.3 is 7.60 Å². The van der Waals surface area contributed by atoms with Gasteiger partial charge in [0.1, 0.15) is 30.2 Å². The van der Waals surface area contributed by atoms with Gasteiger partial charge in [-0.05, 0) is 0 Å². The Morgan fingerprint density at radius 1 is 1.39 bits per heavy atom. The van der Waals surface area contributed by atoms with Gasteiger partial charge in [0, 0.05) is 6.66 Å². The number of hydrogen-bond donors (Lipinski definition) is 4. The summed E-state index contributed by atoms with van der Waals surface area (Å²) in [6, 6.07) is 0. The molecular weight excluding hydrogens is 329 g/mol. The maximum Gasteiger partial charge on any atom is 0.325 e. The SMILES string of the molecule is CP(=O)(O)OC[C@@H]1O[C@H](n2cnc3c(N)ncnc32)C(O)[C@@H]1O. The van der Waals surface area contributed by atoms with Crippen LogP contribution in [-0.4, -0.2) is 66.2 Å². The molecular formula is C11H16N5O6P. The third-order valence-electron chi connectivity index (χ3n) is 3.48. The first kappa shape index (κ1) is 16.2. The van der Waals surface area contributed by atoms with Gasteiger partial charge in [-0.25, -0.2) is 15.0 Å². The molecule has 3 rings (SSSR count). The number of rotatable bonds is 4. The Hall–Kier alpha value is -1.62. The van der Waals surface area contributed by atoms with Crippen molar-refractivity contribution in [3.05, 3.63) is 12.7 Å². The zero-order valence-corrected chi connectivity index (χ0v) is 12.9. The van der Waals surface area contributed by atoms with Crippen LogP contribution >= 0.6 is 7.60 Å². The minimum absolute atomic E-state index is 0.175. The van der Waals surface area contributed by atoms with E-state index in [1.165, 1.54) is 17.2 Å². The molecule has 0 aliphatic carbocycles. The van der Waals surface area contributed by atoms with Crippen LogP contribution in [0, 0.1) is 0 Å². The van der Waals surface area contributed by atoms with Crippen molar-refractivity contribution < 1.29 is 28.9 Å². The quantitative estimate of drug-likeness (QED) is 0.497. The first-order valence-electron chi connectivity index (χ1n) is 6.67. The molecule has 0 aromatic carbocycles. The van der Waals surface area contributed by atoms with Crippen LogP contribution in [0.1, 0.15) is 6.23 Å². The number of aliphatic hydroxyl groups excluding tert-OH is 2. The highest BCUT2D eigenvalue weighted by Gasteiger charge is 2.45. The number of nitrogens with zero attached hydrogens (tertiary/aromatic N) is 4. The summed E-state index contributed by atoms with van der Waals surface area (Å²) in [6.07, 6.45) is -1.97. The van der Waals surface area contributed by atoms with Crippen LogP contribution < -0.4 is 5.73 Å². The van der Waals surface area contributed by atoms with Crippen LogP contribution in [0.25, 0.3) is 11.2 Å². The summed E-state index contributed by atoms with van der Waals surface area (Å²) >= 11 is 0. The lowest BCUT2D eigenvalue weighted by molar-refractivity contribution is -0.0483. The fourth-order valence-corrected chi connectivity index (χ4v) is 2.79. The Morgan fingerprint density at radius 3 is 2.83 bits per heavy atom. The minimum atomic E-state index is -3.72. The van der Waals surface area contributed by atoms with E-state index in [0.717, 1.165) is 6.66 Å². The lowest BCUT2D eigenvalue weighted by atomic mass is 10.1. The van der Waals surface area contributed by atoms with Crippen molar-refractivity contribution in [2.24, 2.45) is 0 Å². The molecule has 2 unspecified atom stereocenters. The number of aliphatic hydroxyl groups is 2. The standard InChI is InChI=1S/C11H16N5O6P/c1-23(19,20)21-2-5-7(17)8(18)11(22-5)16-4-15-6-9(12)13-3-14-10(6)16/h3-5,7-8,11,17-18H,2H2,1H3,(H,19,20)(H2,12,13,14)/t5-,7+,8?,11-/m0/s1. The molecule has 2 aromatic heterocycles. The number of nitrogens with two attached hydrogens (primary N) is 1. The molecule has 126 valence electrons. The summed E-state index contributed by atoms with van der Waals surface area (Å²) in [6.45, 7) is 0.675. The summed E-state index contributed by atoms with van der Waals surface area (Å²) in [5.74, 6) is 0.175. The Kier molecular flexibility index (Phi) is 4.08. The number of aromatic nitrogens is 4. The van der Waals surface area contributed by atoms with E-state index < -0.39 is 32.1 Å². The zero-order valence-electron chi connectivity index (χ0n) is 12.1. The minimum Gasteiger partial charge on any atom is -0.387 e. The van der Waals surface area contributed by atoms with E-state index in [4.69, 9.17) is 19.9 Å². The van der Waals surface area contributed by atoms with E-state index in [2.05, 4.69) is 15.0 Å². The number of imidazole rings is 1. The first-order valence-corrected chi connectivity index (χ1v) is 8.70. The predicted octanol–water partition coefficient (Wildman–Crippen LogP) is -1.14. The molecule has 1 fully saturated rings. The molecule has 0 bridgehead atoms. The van der Waals surface area contributed by atoms with E-state index in [1.54, 1.807) is 0 Å². The molecule has 1 saturated heterocycles. The summed E-state index contributed by atoms with van der Waals surface area (Å²) < 4.78 is 22.9. The van der Waals surface area contributed by atoms with Crippen LogP contribution in [0.3, 0.4) is 0 Å². The van der Waals surface area contributed by atoms with Gasteiger partial charge < -0.3 is 30.1 Å². The van der Waals surface area contributed by atoms with E-state index in [1.807, 2.05) is 0 Å². The first-order chi connectivity index (χ1) is 10.8. The van der Waals surface area contributed by atoms with Crippen molar-refractivity contribution in [2.45, 2.75) is 24.5 Å². The molecule has 0 spiro atoms. The van der Waals surface area contributed by atoms with Gasteiger partial charge in [-0.1, -0.05) is 0 Å². The molecule has 0 saturated carbocycles. The maximum absolute atomic E-state index is 11.2. The lowest BCUT2D eigenvalue weighted by Gasteiger charge is -2.16. The molecule has 23 heavy (non-hydrogen) atoms. The van der Waals surface area contributed by atoms with Crippen LogP contribution in [-0.2, 0) is 13.8 Å². The summed E-state index contributed by atoms with van der Waals surface area (Å²) in [7, 11) is -3.72. The molecule has 5 atom stereocenters. The van der Waals surface area contributed by atoms with Crippen molar-refractivity contribution in [2.75, 3.05) is 19.0 Å². The van der Waals surface area contributed by atoms with E-state index in [9.17, 15) is 14.8 Å². The van der Waals surface area contributed by atoms with Gasteiger partial charge in [0.05, 0.1) is 12.9 Å². The Bertz CT molecular complexity index is 762. The number of fused-ring (bicyclic) bond motifs is 1. The molecule has 0 amide bonds. The highest BCUT2D eigenvalue weighted by Crippen LogP contribution is 2.39. The van der Waals surface area contributed by atoms with Crippen LogP contribution in [0.15, 0.2) is 12.7 Å². The lowest BCUT2D eigenvalue weighted by Crippen LogP contribution is -2.33. The molecule has 1 aliphatic rings. The number of hydrogen-bond acceptors (Lipinski definition) is 9. The summed E-state index contributed by atoms with van der Waals surface area (Å²) in [5, 5.41) is 20.2. The summed E-state index contributed by atoms with van der Waals surface area (Å²) in [4.78, 5) is 21.0. The van der Waals surface area contributed by atoms with Crippen molar-refractivity contribution >= 4 is 24.6 Å². The van der Waals surface area contributed by atoms with E-state index >= 15 is 0 Å². The molecule has 2 aromatic rings. The van der Waals surface area contributed by atoms with Gasteiger partial charge in [-0.3, -0.25) is 9.13 Å². The largest absolute Gasteiger partial charge is 0.387 e. The monoisotopic (exact) mass is 345 g/mol. The molecule has 0 radical (unpaired) electrons. The fraction of sp³-hybridized carbons (Fsp3) is 0.545. The number of ether oxygens (including phenoxy) is 1. The predicted molar refractivity (Wildman–Crippen MR) is 77.4 cm³/mol. The molecule has 3 heterocycles. The molecule has 11 nitrogen and oxygen atoms in total. The summed E-state index contributed by atoms with van der Waals surface area (Å²) in [5.41, 5.74) is 6.37. The average Bonchev–Trinajstić information content (AvgIpc) is 3.01. The molecule has 12 heteroatoms. The van der Waals surface area contributed by atoms with Crippen LogP contribution in [0.5, 0.6) is 0 Å². The van der Waals surface area contributed by atoms with Gasteiger partial charge in [-0.15, -0.1) is 0 Å². The highest BCUT2D eigenvalue weighted by molar-refractivity contribution is 7.51. The van der Waals surface area contributed by atoms with Gasteiger partial charge in [0.25, 0.3) is 0 Å². The molecule has 5 N–H and O–H groups in total. The second kappa shape index (κ2) is 5.78. The van der Waals surface area contributed by atoms with Gasteiger partial charge in [-0.2, -0.15) is 0 Å². The van der Waals surface area contributed by atoms with Crippen LogP contribution in [0.2, 0.25) is 0 Å². The third kappa shape index (κ3) is 3.07. The second-order valence-corrected chi connectivity index (χ2v) is 7.09. The number of anilines is 1. The Balaban J connectivity index is 1.85. The van der Waals surface area contributed by atoms with Crippen molar-refractivity contribution in [1.82, 2.24) is 19.5 Å². The Labute approximate surface area is 130 Å². The van der Waals surface area contributed by atoms with Gasteiger partial charge in [0.15, 0.2) is 17.7 Å². The Morgan fingerprint density at radius 2 is 2.13 bits per heavy atom. The smallest absolute Gasteiger partial charge is 0.325 e. The average molecular weight is 345 g/mol. The second-order valence-electron chi connectivity index (χ2n) is 5.23. The van der Waals surface area contributed by atoms with Crippen molar-refractivity contribution in [1.29, 1.82) is 0 Å². The number of nitrogen functional groups attached to an aromatic ring is 1. The van der Waals surface area contributed by atoms with Crippen LogP contribution in [0.4, 0.5) is 5.82 Å².